The summed E-state index contributed by atoms with van der Waals surface area (Å²) in [7, 11) is 1.19. The number of hydrogen-bond donors (Lipinski definition) is 0. The van der Waals surface area contributed by atoms with Crippen molar-refractivity contribution in [2.45, 2.75) is 12.5 Å². The van der Waals surface area contributed by atoms with Gasteiger partial charge in [-0.15, -0.1) is 0 Å². The van der Waals surface area contributed by atoms with Crippen LogP contribution in [0.25, 0.3) is 0 Å². The molecule has 0 N–H and O–H groups in total. The lowest BCUT2D eigenvalue weighted by Gasteiger charge is -2.19. The monoisotopic (exact) mass is 174 g/mol. The fourth-order valence-electron chi connectivity index (χ4n) is 0.881. The van der Waals surface area contributed by atoms with Crippen molar-refractivity contribution in [3.8, 4) is 0 Å². The molecular weight excluding hydrogens is 164 g/mol. The minimum Gasteiger partial charge on any atom is -0.438 e. The fraction of sp³-hybridized carbons (Fsp3) is 0.714. The highest BCUT2D eigenvalue weighted by molar-refractivity contribution is 5.85. The van der Waals surface area contributed by atoms with Gasteiger partial charge in [0.1, 0.15) is 0 Å². The summed E-state index contributed by atoms with van der Waals surface area (Å²) in [4.78, 5) is 21.6. The lowest BCUT2D eigenvalue weighted by Crippen LogP contribution is -2.36. The van der Waals surface area contributed by atoms with Crippen LogP contribution in [0.3, 0.4) is 0 Å². The standard InChI is InChI=1S/C7H10O5/c1-10-7(9)12-6-4-11-3-2-5(6)8/h6H,2-4H2,1H3. The third-order valence-corrected chi connectivity index (χ3v) is 1.53. The predicted octanol–water partition coefficient (Wildman–Crippen LogP) is 0.127. The van der Waals surface area contributed by atoms with Crippen molar-refractivity contribution in [3.05, 3.63) is 0 Å². The van der Waals surface area contributed by atoms with E-state index in [1.54, 1.807) is 0 Å². The van der Waals surface area contributed by atoms with E-state index in [0.29, 0.717) is 13.0 Å². The second-order valence-corrected chi connectivity index (χ2v) is 2.35. The van der Waals surface area contributed by atoms with Gasteiger partial charge in [0, 0.05) is 6.42 Å². The zero-order chi connectivity index (χ0) is 8.97. The first kappa shape index (κ1) is 8.99. The molecule has 1 heterocycles. The van der Waals surface area contributed by atoms with Crippen LogP contribution in [-0.4, -0.2) is 38.4 Å². The molecule has 1 aliphatic rings. The Kier molecular flexibility index (Phi) is 3.04. The normalized spacial score (nSPS) is 23.4. The molecule has 0 amide bonds. The minimum atomic E-state index is -0.848. The number of methoxy groups -OCH3 is 1. The van der Waals surface area contributed by atoms with Crippen molar-refractivity contribution in [2.24, 2.45) is 0 Å². The zero-order valence-electron chi connectivity index (χ0n) is 6.74. The molecule has 1 unspecified atom stereocenters. The van der Waals surface area contributed by atoms with E-state index in [0.717, 1.165) is 0 Å². The van der Waals surface area contributed by atoms with Gasteiger partial charge in [0.05, 0.1) is 20.3 Å². The van der Waals surface area contributed by atoms with Gasteiger partial charge < -0.3 is 14.2 Å². The fourth-order valence-corrected chi connectivity index (χ4v) is 0.881. The molecule has 0 bridgehead atoms. The van der Waals surface area contributed by atoms with Crippen LogP contribution in [0.2, 0.25) is 0 Å². The smallest absolute Gasteiger partial charge is 0.438 e. The predicted molar refractivity (Wildman–Crippen MR) is 37.7 cm³/mol. The number of rotatable bonds is 1. The molecule has 0 aliphatic carbocycles. The minimum absolute atomic E-state index is 0.119. The van der Waals surface area contributed by atoms with Crippen molar-refractivity contribution in [1.29, 1.82) is 0 Å². The van der Waals surface area contributed by atoms with Gasteiger partial charge in [-0.25, -0.2) is 4.79 Å². The largest absolute Gasteiger partial charge is 0.508 e. The van der Waals surface area contributed by atoms with Gasteiger partial charge in [-0.2, -0.15) is 0 Å². The lowest BCUT2D eigenvalue weighted by atomic mass is 10.1. The first-order chi connectivity index (χ1) is 5.74. The Labute approximate surface area is 69.6 Å². The molecule has 5 heteroatoms. The maximum Gasteiger partial charge on any atom is 0.508 e. The van der Waals surface area contributed by atoms with Crippen LogP contribution < -0.4 is 0 Å². The first-order valence-corrected chi connectivity index (χ1v) is 3.59. The Morgan fingerprint density at radius 3 is 3.00 bits per heavy atom. The average Bonchev–Trinajstić information content (AvgIpc) is 2.09. The van der Waals surface area contributed by atoms with E-state index in [9.17, 15) is 9.59 Å². The summed E-state index contributed by atoms with van der Waals surface area (Å²) in [5, 5.41) is 0. The van der Waals surface area contributed by atoms with Crippen LogP contribution >= 0.6 is 0 Å². The zero-order valence-corrected chi connectivity index (χ0v) is 6.74. The van der Waals surface area contributed by atoms with Gasteiger partial charge in [-0.3, -0.25) is 4.79 Å². The number of carbonyl (C=O) groups excluding carboxylic acids is 2. The SMILES string of the molecule is COC(=O)OC1COCCC1=O. The van der Waals surface area contributed by atoms with E-state index in [1.165, 1.54) is 7.11 Å². The maximum atomic E-state index is 11.0. The summed E-state index contributed by atoms with van der Waals surface area (Å²) in [5.74, 6) is -0.119. The summed E-state index contributed by atoms with van der Waals surface area (Å²) in [6, 6.07) is 0. The van der Waals surface area contributed by atoms with Crippen LogP contribution in [0.15, 0.2) is 0 Å². The van der Waals surface area contributed by atoms with Crippen LogP contribution in [-0.2, 0) is 19.0 Å². The summed E-state index contributed by atoms with van der Waals surface area (Å²) < 4.78 is 13.8. The van der Waals surface area contributed by atoms with E-state index < -0.39 is 12.3 Å². The van der Waals surface area contributed by atoms with Crippen LogP contribution in [0, 0.1) is 0 Å². The maximum absolute atomic E-state index is 11.0. The van der Waals surface area contributed by atoms with E-state index in [1.807, 2.05) is 0 Å². The Morgan fingerprint density at radius 2 is 2.42 bits per heavy atom. The Balaban J connectivity index is 2.39. The number of ether oxygens (including phenoxy) is 3. The molecule has 0 radical (unpaired) electrons. The molecule has 0 aromatic heterocycles. The number of carbonyl (C=O) groups is 2. The summed E-state index contributed by atoms with van der Waals surface area (Å²) in [6.45, 7) is 0.536. The molecule has 0 spiro atoms. The quantitative estimate of drug-likeness (QED) is 0.528. The third-order valence-electron chi connectivity index (χ3n) is 1.53. The Morgan fingerprint density at radius 1 is 1.67 bits per heavy atom. The molecule has 5 nitrogen and oxygen atoms in total. The van der Waals surface area contributed by atoms with Crippen molar-refractivity contribution in [1.82, 2.24) is 0 Å². The Hall–Kier alpha value is -1.10. The van der Waals surface area contributed by atoms with Crippen molar-refractivity contribution in [3.63, 3.8) is 0 Å². The molecule has 1 aliphatic heterocycles. The average molecular weight is 174 g/mol. The molecule has 1 fully saturated rings. The highest BCUT2D eigenvalue weighted by atomic mass is 16.7. The van der Waals surface area contributed by atoms with E-state index in [-0.39, 0.29) is 12.4 Å². The van der Waals surface area contributed by atoms with Gasteiger partial charge in [-0.1, -0.05) is 0 Å². The van der Waals surface area contributed by atoms with Gasteiger partial charge >= 0.3 is 6.16 Å². The van der Waals surface area contributed by atoms with E-state index >= 15 is 0 Å². The van der Waals surface area contributed by atoms with E-state index in [4.69, 9.17) is 4.74 Å². The third kappa shape index (κ3) is 2.20. The molecule has 0 saturated carbocycles. The van der Waals surface area contributed by atoms with Gasteiger partial charge in [-0.05, 0) is 0 Å². The second-order valence-electron chi connectivity index (χ2n) is 2.35. The molecule has 1 atom stereocenters. The first-order valence-electron chi connectivity index (χ1n) is 3.59. The molecule has 12 heavy (non-hydrogen) atoms. The van der Waals surface area contributed by atoms with Crippen molar-refractivity contribution in [2.75, 3.05) is 20.3 Å². The van der Waals surface area contributed by atoms with Crippen molar-refractivity contribution < 1.29 is 23.8 Å². The van der Waals surface area contributed by atoms with Crippen LogP contribution in [0.5, 0.6) is 0 Å². The summed E-state index contributed by atoms with van der Waals surface area (Å²) in [5.41, 5.74) is 0. The van der Waals surface area contributed by atoms with Gasteiger partial charge in [0.15, 0.2) is 11.9 Å². The number of Topliss-reactive ketones (excluding diaryl/α,β-unsaturated/α-hetero) is 1. The highest BCUT2D eigenvalue weighted by Crippen LogP contribution is 2.06. The Bertz CT molecular complexity index is 188. The number of hydrogen-bond acceptors (Lipinski definition) is 5. The molecule has 68 valence electrons. The lowest BCUT2D eigenvalue weighted by molar-refractivity contribution is -0.139. The second kappa shape index (κ2) is 4.06. The van der Waals surface area contributed by atoms with E-state index in [2.05, 4.69) is 9.47 Å². The van der Waals surface area contributed by atoms with Gasteiger partial charge in [0.2, 0.25) is 0 Å². The molecular formula is C7H10O5. The number of ketones is 1. The molecule has 1 saturated heterocycles. The summed E-state index contributed by atoms with van der Waals surface area (Å²) >= 11 is 0. The van der Waals surface area contributed by atoms with Crippen LogP contribution in [0.1, 0.15) is 6.42 Å². The van der Waals surface area contributed by atoms with Gasteiger partial charge in [0.25, 0.3) is 0 Å². The molecule has 1 rings (SSSR count). The molecule has 0 aromatic rings. The summed E-state index contributed by atoms with van der Waals surface area (Å²) in [6.07, 6.45) is -1.34. The van der Waals surface area contributed by atoms with Crippen molar-refractivity contribution >= 4 is 11.9 Å². The van der Waals surface area contributed by atoms with Crippen LogP contribution in [0.4, 0.5) is 4.79 Å². The highest BCUT2D eigenvalue weighted by Gasteiger charge is 2.26. The topological polar surface area (TPSA) is 61.8 Å². The molecule has 0 aromatic carbocycles.